The van der Waals surface area contributed by atoms with Crippen LogP contribution in [0.2, 0.25) is 0 Å². The molecule has 0 spiro atoms. The van der Waals surface area contributed by atoms with E-state index in [0.29, 0.717) is 11.3 Å². The van der Waals surface area contributed by atoms with Gasteiger partial charge in [-0.05, 0) is 18.2 Å². The van der Waals surface area contributed by atoms with Crippen LogP contribution >= 0.6 is 15.9 Å². The van der Waals surface area contributed by atoms with Gasteiger partial charge in [-0.1, -0.05) is 15.9 Å². The lowest BCUT2D eigenvalue weighted by Crippen LogP contribution is -2.08. The maximum atomic E-state index is 12.0. The van der Waals surface area contributed by atoms with Gasteiger partial charge in [0.1, 0.15) is 12.1 Å². The normalized spacial score (nSPS) is 11.4. The molecule has 0 unspecified atom stereocenters. The molecular weight excluding hydrogens is 322 g/mol. The number of hydrogen-bond donors (Lipinski definition) is 1. The van der Waals surface area contributed by atoms with Crippen LogP contribution in [0.3, 0.4) is 0 Å². The van der Waals surface area contributed by atoms with E-state index in [-0.39, 0.29) is 10.9 Å². The molecule has 8 heteroatoms. The molecule has 0 fully saturated rings. The summed E-state index contributed by atoms with van der Waals surface area (Å²) in [5.74, 6) is 0.312. The highest BCUT2D eigenvalue weighted by molar-refractivity contribution is 9.10. The SMILES string of the molecule is COc1ccc(Br)cc1CS(=O)(=O)c1ncn[nH]1. The van der Waals surface area contributed by atoms with Crippen LogP contribution in [-0.4, -0.2) is 30.7 Å². The second-order valence-corrected chi connectivity index (χ2v) is 6.33. The summed E-state index contributed by atoms with van der Waals surface area (Å²) in [6.07, 6.45) is 1.16. The number of methoxy groups -OCH3 is 1. The molecule has 1 aromatic heterocycles. The third-order valence-corrected chi connectivity index (χ3v) is 4.25. The van der Waals surface area contributed by atoms with Crippen molar-refractivity contribution in [1.82, 2.24) is 15.2 Å². The molecule has 0 saturated heterocycles. The molecule has 0 aliphatic carbocycles. The Kier molecular flexibility index (Phi) is 3.67. The summed E-state index contributed by atoms with van der Waals surface area (Å²) in [4.78, 5) is 3.65. The summed E-state index contributed by atoms with van der Waals surface area (Å²) >= 11 is 3.30. The monoisotopic (exact) mass is 331 g/mol. The molecule has 0 radical (unpaired) electrons. The van der Waals surface area contributed by atoms with Crippen LogP contribution in [0.15, 0.2) is 34.2 Å². The van der Waals surface area contributed by atoms with Gasteiger partial charge in [0.05, 0.1) is 12.9 Å². The van der Waals surface area contributed by atoms with Crippen LogP contribution in [0, 0.1) is 0 Å². The number of benzene rings is 1. The van der Waals surface area contributed by atoms with E-state index in [1.807, 2.05) is 0 Å². The van der Waals surface area contributed by atoms with Crippen molar-refractivity contribution in [2.75, 3.05) is 7.11 Å². The van der Waals surface area contributed by atoms with Gasteiger partial charge in [-0.15, -0.1) is 0 Å². The van der Waals surface area contributed by atoms with Crippen molar-refractivity contribution < 1.29 is 13.2 Å². The van der Waals surface area contributed by atoms with Crippen LogP contribution < -0.4 is 4.74 Å². The Bertz CT molecular complexity index is 640. The highest BCUT2D eigenvalue weighted by Crippen LogP contribution is 2.26. The summed E-state index contributed by atoms with van der Waals surface area (Å²) in [6.45, 7) is 0. The van der Waals surface area contributed by atoms with Crippen LogP contribution in [0.5, 0.6) is 5.75 Å². The number of halogens is 1. The van der Waals surface area contributed by atoms with E-state index < -0.39 is 9.84 Å². The molecule has 2 aromatic rings. The zero-order valence-electron chi connectivity index (χ0n) is 9.42. The molecule has 96 valence electrons. The predicted octanol–water partition coefficient (Wildman–Crippen LogP) is 1.55. The van der Waals surface area contributed by atoms with Crippen molar-refractivity contribution in [2.24, 2.45) is 0 Å². The highest BCUT2D eigenvalue weighted by Gasteiger charge is 2.20. The Morgan fingerprint density at radius 3 is 2.83 bits per heavy atom. The minimum Gasteiger partial charge on any atom is -0.496 e. The van der Waals surface area contributed by atoms with Crippen LogP contribution in [0.4, 0.5) is 0 Å². The van der Waals surface area contributed by atoms with E-state index in [9.17, 15) is 8.42 Å². The fourth-order valence-electron chi connectivity index (χ4n) is 1.48. The van der Waals surface area contributed by atoms with Crippen molar-refractivity contribution in [3.05, 3.63) is 34.6 Å². The Labute approximate surface area is 112 Å². The van der Waals surface area contributed by atoms with Gasteiger partial charge >= 0.3 is 0 Å². The first kappa shape index (κ1) is 13.0. The van der Waals surface area contributed by atoms with E-state index in [1.165, 1.54) is 7.11 Å². The van der Waals surface area contributed by atoms with Gasteiger partial charge in [0.15, 0.2) is 0 Å². The fourth-order valence-corrected chi connectivity index (χ4v) is 3.06. The first-order valence-corrected chi connectivity index (χ1v) is 7.38. The molecular formula is C10H10BrN3O3S. The Morgan fingerprint density at radius 1 is 1.44 bits per heavy atom. The number of ether oxygens (including phenoxy) is 1. The predicted molar refractivity (Wildman–Crippen MR) is 68.0 cm³/mol. The van der Waals surface area contributed by atoms with E-state index in [4.69, 9.17) is 4.74 Å². The zero-order valence-corrected chi connectivity index (χ0v) is 11.8. The second-order valence-electron chi connectivity index (χ2n) is 3.51. The number of aromatic nitrogens is 3. The fraction of sp³-hybridized carbons (Fsp3) is 0.200. The van der Waals surface area contributed by atoms with Gasteiger partial charge in [0.25, 0.3) is 0 Å². The maximum absolute atomic E-state index is 12.0. The Morgan fingerprint density at radius 2 is 2.22 bits per heavy atom. The molecule has 1 N–H and O–H groups in total. The molecule has 0 bridgehead atoms. The first-order valence-electron chi connectivity index (χ1n) is 4.93. The topological polar surface area (TPSA) is 84.9 Å². The number of H-pyrrole nitrogens is 1. The van der Waals surface area contributed by atoms with E-state index in [1.54, 1.807) is 18.2 Å². The Balaban J connectivity index is 2.37. The van der Waals surface area contributed by atoms with E-state index in [0.717, 1.165) is 10.8 Å². The number of aromatic amines is 1. The molecule has 18 heavy (non-hydrogen) atoms. The first-order chi connectivity index (χ1) is 8.53. The average Bonchev–Trinajstić information content (AvgIpc) is 2.83. The second kappa shape index (κ2) is 5.07. The van der Waals surface area contributed by atoms with E-state index in [2.05, 4.69) is 31.1 Å². The molecule has 0 aliphatic heterocycles. The highest BCUT2D eigenvalue weighted by atomic mass is 79.9. The number of hydrogen-bond acceptors (Lipinski definition) is 5. The number of rotatable bonds is 4. The molecule has 0 amide bonds. The van der Waals surface area contributed by atoms with Gasteiger partial charge in [-0.2, -0.15) is 5.10 Å². The van der Waals surface area contributed by atoms with Gasteiger partial charge in [0, 0.05) is 10.0 Å². The third kappa shape index (κ3) is 2.70. The quantitative estimate of drug-likeness (QED) is 0.918. The summed E-state index contributed by atoms with van der Waals surface area (Å²) in [5.41, 5.74) is 0.559. The van der Waals surface area contributed by atoms with Gasteiger partial charge < -0.3 is 4.74 Å². The van der Waals surface area contributed by atoms with Crippen molar-refractivity contribution in [1.29, 1.82) is 0 Å². The van der Waals surface area contributed by atoms with Gasteiger partial charge in [-0.3, -0.25) is 5.10 Å². The lowest BCUT2D eigenvalue weighted by Gasteiger charge is -2.08. The molecule has 0 saturated carbocycles. The largest absolute Gasteiger partial charge is 0.496 e. The molecule has 0 atom stereocenters. The smallest absolute Gasteiger partial charge is 0.243 e. The van der Waals surface area contributed by atoms with Gasteiger partial charge in [0.2, 0.25) is 15.0 Å². The number of nitrogens with one attached hydrogen (secondary N) is 1. The average molecular weight is 332 g/mol. The number of sulfone groups is 1. The lowest BCUT2D eigenvalue weighted by atomic mass is 10.2. The standard InChI is InChI=1S/C10H10BrN3O3S/c1-17-9-3-2-8(11)4-7(9)5-18(15,16)10-12-6-13-14-10/h2-4,6H,5H2,1H3,(H,12,13,14). The summed E-state index contributed by atoms with van der Waals surface area (Å²) in [6, 6.07) is 5.19. The molecule has 0 aliphatic rings. The Hall–Kier alpha value is -1.41. The van der Waals surface area contributed by atoms with Crippen molar-refractivity contribution in [3.63, 3.8) is 0 Å². The summed E-state index contributed by atoms with van der Waals surface area (Å²) in [7, 11) is -2.06. The van der Waals surface area contributed by atoms with Crippen LogP contribution in [0.25, 0.3) is 0 Å². The molecule has 2 rings (SSSR count). The zero-order chi connectivity index (χ0) is 13.2. The van der Waals surface area contributed by atoms with Crippen molar-refractivity contribution >= 4 is 25.8 Å². The van der Waals surface area contributed by atoms with Gasteiger partial charge in [-0.25, -0.2) is 13.4 Å². The number of nitrogens with zero attached hydrogens (tertiary/aromatic N) is 2. The van der Waals surface area contributed by atoms with Crippen molar-refractivity contribution in [3.8, 4) is 5.75 Å². The third-order valence-electron chi connectivity index (χ3n) is 2.28. The van der Waals surface area contributed by atoms with Crippen LogP contribution in [0.1, 0.15) is 5.56 Å². The molecule has 6 nitrogen and oxygen atoms in total. The maximum Gasteiger partial charge on any atom is 0.243 e. The minimum absolute atomic E-state index is 0.149. The lowest BCUT2D eigenvalue weighted by molar-refractivity contribution is 0.411. The summed E-state index contributed by atoms with van der Waals surface area (Å²) < 4.78 is 30.0. The summed E-state index contributed by atoms with van der Waals surface area (Å²) in [5, 5.41) is 5.73. The molecule has 1 heterocycles. The van der Waals surface area contributed by atoms with Crippen molar-refractivity contribution in [2.45, 2.75) is 10.9 Å². The minimum atomic E-state index is -3.55. The van der Waals surface area contributed by atoms with Crippen LogP contribution in [-0.2, 0) is 15.6 Å². The van der Waals surface area contributed by atoms with E-state index >= 15 is 0 Å². The molecule has 1 aromatic carbocycles.